The Bertz CT molecular complexity index is 576. The number of benzene rings is 1. The highest BCUT2D eigenvalue weighted by Gasteiger charge is 2.22. The SMILES string of the molecule is CCCCOC(=O)c1ccccc1NC(=O)C(=O)NC(C)(C)C. The van der Waals surface area contributed by atoms with Gasteiger partial charge in [0, 0.05) is 5.54 Å². The van der Waals surface area contributed by atoms with E-state index >= 15 is 0 Å². The molecular weight excluding hydrogens is 296 g/mol. The number of para-hydroxylation sites is 1. The first-order chi connectivity index (χ1) is 10.7. The molecule has 0 aliphatic rings. The summed E-state index contributed by atoms with van der Waals surface area (Å²) in [6.07, 6.45) is 1.69. The zero-order valence-corrected chi connectivity index (χ0v) is 14.1. The molecule has 0 saturated heterocycles. The fourth-order valence-corrected chi connectivity index (χ4v) is 1.73. The predicted molar refractivity (Wildman–Crippen MR) is 88.2 cm³/mol. The summed E-state index contributed by atoms with van der Waals surface area (Å²) in [7, 11) is 0. The van der Waals surface area contributed by atoms with E-state index in [0.717, 1.165) is 12.8 Å². The Balaban J connectivity index is 2.79. The lowest BCUT2D eigenvalue weighted by Gasteiger charge is -2.20. The van der Waals surface area contributed by atoms with Gasteiger partial charge in [-0.1, -0.05) is 25.5 Å². The molecule has 0 fully saturated rings. The van der Waals surface area contributed by atoms with E-state index < -0.39 is 23.3 Å². The van der Waals surface area contributed by atoms with Crippen molar-refractivity contribution in [1.82, 2.24) is 5.32 Å². The Morgan fingerprint density at radius 2 is 1.74 bits per heavy atom. The number of carbonyl (C=O) groups is 3. The number of rotatable bonds is 5. The topological polar surface area (TPSA) is 84.5 Å². The largest absolute Gasteiger partial charge is 0.462 e. The lowest BCUT2D eigenvalue weighted by molar-refractivity contribution is -0.137. The van der Waals surface area contributed by atoms with Gasteiger partial charge in [0.2, 0.25) is 0 Å². The number of amides is 2. The van der Waals surface area contributed by atoms with Gasteiger partial charge in [-0.25, -0.2) is 4.79 Å². The smallest absolute Gasteiger partial charge is 0.340 e. The summed E-state index contributed by atoms with van der Waals surface area (Å²) in [4.78, 5) is 35.8. The van der Waals surface area contributed by atoms with E-state index in [4.69, 9.17) is 4.74 Å². The zero-order valence-electron chi connectivity index (χ0n) is 14.1. The van der Waals surface area contributed by atoms with Gasteiger partial charge in [0.1, 0.15) is 0 Å². The maximum absolute atomic E-state index is 12.0. The van der Waals surface area contributed by atoms with Gasteiger partial charge < -0.3 is 15.4 Å². The lowest BCUT2D eigenvalue weighted by Crippen LogP contribution is -2.46. The summed E-state index contributed by atoms with van der Waals surface area (Å²) in [5.41, 5.74) is -0.0453. The van der Waals surface area contributed by atoms with Gasteiger partial charge in [0.05, 0.1) is 17.9 Å². The van der Waals surface area contributed by atoms with E-state index in [1.807, 2.05) is 6.92 Å². The number of esters is 1. The first-order valence-corrected chi connectivity index (χ1v) is 7.64. The van der Waals surface area contributed by atoms with Gasteiger partial charge in [-0.15, -0.1) is 0 Å². The van der Waals surface area contributed by atoms with E-state index in [1.165, 1.54) is 0 Å². The molecule has 0 spiro atoms. The van der Waals surface area contributed by atoms with Crippen LogP contribution in [-0.2, 0) is 14.3 Å². The van der Waals surface area contributed by atoms with Crippen molar-refractivity contribution in [3.8, 4) is 0 Å². The lowest BCUT2D eigenvalue weighted by atomic mass is 10.1. The van der Waals surface area contributed by atoms with E-state index in [0.29, 0.717) is 6.61 Å². The van der Waals surface area contributed by atoms with E-state index in [9.17, 15) is 14.4 Å². The molecule has 0 unspecified atom stereocenters. The second-order valence-electron chi connectivity index (χ2n) is 6.19. The van der Waals surface area contributed by atoms with Crippen LogP contribution < -0.4 is 10.6 Å². The summed E-state index contributed by atoms with van der Waals surface area (Å²) in [6.45, 7) is 7.64. The number of unbranched alkanes of at least 4 members (excludes halogenated alkanes) is 1. The highest BCUT2D eigenvalue weighted by atomic mass is 16.5. The van der Waals surface area contributed by atoms with Crippen LogP contribution in [0.5, 0.6) is 0 Å². The van der Waals surface area contributed by atoms with Gasteiger partial charge >= 0.3 is 17.8 Å². The number of ether oxygens (including phenoxy) is 1. The van der Waals surface area contributed by atoms with Crippen molar-refractivity contribution in [1.29, 1.82) is 0 Å². The Hall–Kier alpha value is -2.37. The third-order valence-electron chi connectivity index (χ3n) is 2.82. The van der Waals surface area contributed by atoms with Crippen LogP contribution in [0.3, 0.4) is 0 Å². The maximum Gasteiger partial charge on any atom is 0.340 e. The number of nitrogens with one attached hydrogen (secondary N) is 2. The molecule has 0 aliphatic heterocycles. The van der Waals surface area contributed by atoms with Crippen molar-refractivity contribution >= 4 is 23.5 Å². The monoisotopic (exact) mass is 320 g/mol. The molecule has 2 N–H and O–H groups in total. The summed E-state index contributed by atoms with van der Waals surface area (Å²) >= 11 is 0. The van der Waals surface area contributed by atoms with Gasteiger partial charge in [-0.3, -0.25) is 9.59 Å². The standard InChI is InChI=1S/C17H24N2O4/c1-5-6-11-23-16(22)12-9-7-8-10-13(12)18-14(20)15(21)19-17(2,3)4/h7-10H,5-6,11H2,1-4H3,(H,18,20)(H,19,21). The average Bonchev–Trinajstić information content (AvgIpc) is 2.46. The molecular formula is C17H24N2O4. The van der Waals surface area contributed by atoms with Crippen molar-refractivity contribution in [2.24, 2.45) is 0 Å². The van der Waals surface area contributed by atoms with Crippen molar-refractivity contribution in [3.05, 3.63) is 29.8 Å². The van der Waals surface area contributed by atoms with Crippen molar-refractivity contribution in [2.45, 2.75) is 46.1 Å². The minimum Gasteiger partial charge on any atom is -0.462 e. The molecule has 2 amide bonds. The summed E-state index contributed by atoms with van der Waals surface area (Å²) < 4.78 is 5.14. The summed E-state index contributed by atoms with van der Waals surface area (Å²) in [6, 6.07) is 6.44. The molecule has 23 heavy (non-hydrogen) atoms. The Morgan fingerprint density at radius 3 is 2.35 bits per heavy atom. The fourth-order valence-electron chi connectivity index (χ4n) is 1.73. The van der Waals surface area contributed by atoms with Gasteiger partial charge in [0.15, 0.2) is 0 Å². The quantitative estimate of drug-likeness (QED) is 0.496. The highest BCUT2D eigenvalue weighted by molar-refractivity contribution is 6.40. The zero-order chi connectivity index (χ0) is 17.5. The summed E-state index contributed by atoms with van der Waals surface area (Å²) in [5, 5.41) is 5.01. The van der Waals surface area contributed by atoms with Crippen LogP contribution in [0.15, 0.2) is 24.3 Å². The molecule has 126 valence electrons. The maximum atomic E-state index is 12.0. The molecule has 1 aromatic carbocycles. The van der Waals surface area contributed by atoms with Crippen LogP contribution in [0.2, 0.25) is 0 Å². The Morgan fingerprint density at radius 1 is 1.09 bits per heavy atom. The molecule has 1 aromatic rings. The molecule has 6 heteroatoms. The van der Waals surface area contributed by atoms with Crippen LogP contribution in [0, 0.1) is 0 Å². The minimum atomic E-state index is -0.825. The van der Waals surface area contributed by atoms with E-state index in [1.54, 1.807) is 45.0 Å². The van der Waals surface area contributed by atoms with Gasteiger partial charge in [0.25, 0.3) is 0 Å². The second kappa shape index (κ2) is 8.31. The van der Waals surface area contributed by atoms with Crippen molar-refractivity contribution in [2.75, 3.05) is 11.9 Å². The number of carbonyl (C=O) groups excluding carboxylic acids is 3. The Kier molecular flexibility index (Phi) is 6.75. The number of anilines is 1. The molecule has 1 rings (SSSR count). The Labute approximate surface area is 136 Å². The number of hydrogen-bond acceptors (Lipinski definition) is 4. The minimum absolute atomic E-state index is 0.223. The van der Waals surface area contributed by atoms with Gasteiger partial charge in [-0.05, 0) is 39.3 Å². The normalized spacial score (nSPS) is 10.8. The molecule has 0 radical (unpaired) electrons. The second-order valence-corrected chi connectivity index (χ2v) is 6.19. The van der Waals surface area contributed by atoms with Crippen LogP contribution >= 0.6 is 0 Å². The fraction of sp³-hybridized carbons (Fsp3) is 0.471. The molecule has 0 saturated carbocycles. The van der Waals surface area contributed by atoms with Gasteiger partial charge in [-0.2, -0.15) is 0 Å². The van der Waals surface area contributed by atoms with Crippen LogP contribution in [0.1, 0.15) is 50.9 Å². The first-order valence-electron chi connectivity index (χ1n) is 7.64. The molecule has 0 aromatic heterocycles. The summed E-state index contributed by atoms with van der Waals surface area (Å²) in [5.74, 6) is -2.11. The molecule has 0 heterocycles. The van der Waals surface area contributed by atoms with Crippen LogP contribution in [0.4, 0.5) is 5.69 Å². The van der Waals surface area contributed by atoms with E-state index in [2.05, 4.69) is 10.6 Å². The van der Waals surface area contributed by atoms with Crippen LogP contribution in [0.25, 0.3) is 0 Å². The third kappa shape index (κ3) is 6.50. The third-order valence-corrected chi connectivity index (χ3v) is 2.82. The number of hydrogen-bond donors (Lipinski definition) is 2. The van der Waals surface area contributed by atoms with Crippen molar-refractivity contribution in [3.63, 3.8) is 0 Å². The molecule has 6 nitrogen and oxygen atoms in total. The van der Waals surface area contributed by atoms with Crippen LogP contribution in [-0.4, -0.2) is 29.9 Å². The molecule has 0 aliphatic carbocycles. The van der Waals surface area contributed by atoms with Crippen molar-refractivity contribution < 1.29 is 19.1 Å². The average molecular weight is 320 g/mol. The molecule has 0 atom stereocenters. The predicted octanol–water partition coefficient (Wildman–Crippen LogP) is 2.50. The first kappa shape index (κ1) is 18.7. The highest BCUT2D eigenvalue weighted by Crippen LogP contribution is 2.16. The van der Waals surface area contributed by atoms with E-state index in [-0.39, 0.29) is 11.3 Å². The molecule has 0 bridgehead atoms.